The maximum Gasteiger partial charge on any atom is 0.270 e. The Labute approximate surface area is 113 Å². The molecule has 1 amide bonds. The number of hydrogen-bond donors (Lipinski definition) is 2. The lowest BCUT2D eigenvalue weighted by atomic mass is 10.2. The lowest BCUT2D eigenvalue weighted by molar-refractivity contribution is 0.0947. The third kappa shape index (κ3) is 3.12. The molecule has 0 spiro atoms. The van der Waals surface area contributed by atoms with Crippen LogP contribution in [0.15, 0.2) is 17.0 Å². The van der Waals surface area contributed by atoms with Gasteiger partial charge in [0.15, 0.2) is 0 Å². The summed E-state index contributed by atoms with van der Waals surface area (Å²) in [5, 5.41) is 8.31. The Morgan fingerprint density at radius 1 is 1.56 bits per heavy atom. The lowest BCUT2D eigenvalue weighted by Gasteiger charge is -2.08. The van der Waals surface area contributed by atoms with Crippen molar-refractivity contribution in [2.75, 3.05) is 6.54 Å². The smallest absolute Gasteiger partial charge is 0.270 e. The van der Waals surface area contributed by atoms with Crippen LogP contribution in [-0.2, 0) is 6.54 Å². The molecule has 2 rings (SSSR count). The predicted octanol–water partition coefficient (Wildman–Crippen LogP) is 1.59. The molecule has 2 heterocycles. The van der Waals surface area contributed by atoms with Crippen molar-refractivity contribution in [3.8, 4) is 0 Å². The summed E-state index contributed by atoms with van der Waals surface area (Å²) in [7, 11) is 0. The second-order valence-electron chi connectivity index (χ2n) is 3.81. The van der Waals surface area contributed by atoms with Gasteiger partial charge in [-0.3, -0.25) is 4.79 Å². The number of nitrogens with one attached hydrogen (secondary N) is 1. The normalized spacial score (nSPS) is 12.3. The number of nitrogens with zero attached hydrogens (tertiary/aromatic N) is 2. The molecule has 1 unspecified atom stereocenters. The third-order valence-electron chi connectivity index (χ3n) is 2.40. The molecule has 0 saturated heterocycles. The Balaban J connectivity index is 1.88. The first-order chi connectivity index (χ1) is 8.70. The first-order valence-electron chi connectivity index (χ1n) is 5.52. The summed E-state index contributed by atoms with van der Waals surface area (Å²) >= 11 is 3.00. The van der Waals surface area contributed by atoms with Crippen LogP contribution in [-0.4, -0.2) is 22.4 Å². The molecule has 3 N–H and O–H groups in total. The van der Waals surface area contributed by atoms with Crippen molar-refractivity contribution >= 4 is 28.6 Å². The summed E-state index contributed by atoms with van der Waals surface area (Å²) in [6.45, 7) is 2.96. The van der Waals surface area contributed by atoms with Crippen LogP contribution >= 0.6 is 22.7 Å². The Kier molecular flexibility index (Phi) is 4.40. The zero-order valence-corrected chi connectivity index (χ0v) is 11.6. The van der Waals surface area contributed by atoms with Gasteiger partial charge < -0.3 is 11.1 Å². The van der Waals surface area contributed by atoms with Gasteiger partial charge in [-0.25, -0.2) is 9.97 Å². The highest BCUT2D eigenvalue weighted by molar-refractivity contribution is 7.10. The number of amides is 1. The first-order valence-corrected chi connectivity index (χ1v) is 7.28. The van der Waals surface area contributed by atoms with Crippen LogP contribution in [0.1, 0.15) is 33.3 Å². The molecule has 7 heteroatoms. The predicted molar refractivity (Wildman–Crippen MR) is 72.9 cm³/mol. The second kappa shape index (κ2) is 6.03. The summed E-state index contributed by atoms with van der Waals surface area (Å²) in [5.74, 6) is 0.0518. The van der Waals surface area contributed by atoms with Crippen LogP contribution in [0.4, 0.5) is 0 Å². The minimum atomic E-state index is -0.158. The van der Waals surface area contributed by atoms with Crippen molar-refractivity contribution in [2.24, 2.45) is 5.73 Å². The molecule has 2 aromatic heterocycles. The van der Waals surface area contributed by atoms with Crippen molar-refractivity contribution in [3.63, 3.8) is 0 Å². The van der Waals surface area contributed by atoms with Crippen LogP contribution in [0.2, 0.25) is 0 Å². The Bertz CT molecular complexity index is 509. The average Bonchev–Trinajstić information content (AvgIpc) is 3.05. The lowest BCUT2D eigenvalue weighted by Crippen LogP contribution is -2.27. The molecule has 2 aromatic rings. The van der Waals surface area contributed by atoms with Gasteiger partial charge in [0, 0.05) is 36.0 Å². The zero-order chi connectivity index (χ0) is 13.0. The molecule has 5 nitrogen and oxygen atoms in total. The molecule has 18 heavy (non-hydrogen) atoms. The molecule has 0 fully saturated rings. The highest BCUT2D eigenvalue weighted by Gasteiger charge is 2.13. The fourth-order valence-electron chi connectivity index (χ4n) is 1.41. The maximum absolute atomic E-state index is 11.8. The highest BCUT2D eigenvalue weighted by Crippen LogP contribution is 2.16. The SMILES string of the molecule is CC(CNC(=O)c1csc(CN)n1)c1nccs1. The fourth-order valence-corrected chi connectivity index (χ4v) is 2.76. The summed E-state index contributed by atoms with van der Waals surface area (Å²) in [6, 6.07) is 0. The summed E-state index contributed by atoms with van der Waals surface area (Å²) < 4.78 is 0. The number of hydrogen-bond acceptors (Lipinski definition) is 6. The van der Waals surface area contributed by atoms with Crippen molar-refractivity contribution in [1.82, 2.24) is 15.3 Å². The third-order valence-corrected chi connectivity index (χ3v) is 4.28. The van der Waals surface area contributed by atoms with Crippen LogP contribution in [0.3, 0.4) is 0 Å². The van der Waals surface area contributed by atoms with E-state index < -0.39 is 0 Å². The standard InChI is InChI=1S/C11H14N4OS2/c1-7(11-13-2-3-17-11)5-14-10(16)8-6-18-9(4-12)15-8/h2-3,6-7H,4-5,12H2,1H3,(H,14,16). The molecule has 0 aliphatic rings. The van der Waals surface area contributed by atoms with Gasteiger partial charge in [0.05, 0.1) is 5.01 Å². The highest BCUT2D eigenvalue weighted by atomic mass is 32.1. The molecule has 0 saturated carbocycles. The van der Waals surface area contributed by atoms with E-state index in [1.165, 1.54) is 11.3 Å². The zero-order valence-electron chi connectivity index (χ0n) is 9.92. The number of carbonyl (C=O) groups excluding carboxylic acids is 1. The van der Waals surface area contributed by atoms with Crippen LogP contribution in [0.5, 0.6) is 0 Å². The van der Waals surface area contributed by atoms with E-state index >= 15 is 0 Å². The Hall–Kier alpha value is -1.31. The molecular weight excluding hydrogens is 268 g/mol. The van der Waals surface area contributed by atoms with E-state index in [2.05, 4.69) is 15.3 Å². The largest absolute Gasteiger partial charge is 0.350 e. The topological polar surface area (TPSA) is 80.9 Å². The second-order valence-corrected chi connectivity index (χ2v) is 5.68. The molecule has 0 radical (unpaired) electrons. The van der Waals surface area contributed by atoms with E-state index in [1.54, 1.807) is 22.9 Å². The number of nitrogens with two attached hydrogens (primary N) is 1. The van der Waals surface area contributed by atoms with Gasteiger partial charge in [-0.2, -0.15) is 0 Å². The minimum absolute atomic E-state index is 0.158. The summed E-state index contributed by atoms with van der Waals surface area (Å²) in [4.78, 5) is 20.2. The average molecular weight is 282 g/mol. The van der Waals surface area contributed by atoms with Crippen molar-refractivity contribution in [3.05, 3.63) is 32.7 Å². The minimum Gasteiger partial charge on any atom is -0.350 e. The van der Waals surface area contributed by atoms with E-state index in [-0.39, 0.29) is 11.8 Å². The molecule has 96 valence electrons. The quantitative estimate of drug-likeness (QED) is 0.872. The molecule has 0 aliphatic carbocycles. The maximum atomic E-state index is 11.8. The first kappa shape index (κ1) is 13.1. The van der Waals surface area contributed by atoms with Gasteiger partial charge in [0.2, 0.25) is 0 Å². The van der Waals surface area contributed by atoms with E-state index in [1.807, 2.05) is 12.3 Å². The number of aromatic nitrogens is 2. The van der Waals surface area contributed by atoms with Crippen LogP contribution in [0, 0.1) is 0 Å². The number of carbonyl (C=O) groups is 1. The van der Waals surface area contributed by atoms with Gasteiger partial charge in [-0.05, 0) is 0 Å². The van der Waals surface area contributed by atoms with Gasteiger partial charge in [0.25, 0.3) is 5.91 Å². The molecule has 0 aliphatic heterocycles. The van der Waals surface area contributed by atoms with Gasteiger partial charge in [0.1, 0.15) is 10.7 Å². The van der Waals surface area contributed by atoms with Crippen molar-refractivity contribution in [2.45, 2.75) is 19.4 Å². The van der Waals surface area contributed by atoms with E-state index in [0.29, 0.717) is 18.8 Å². The summed E-state index contributed by atoms with van der Waals surface area (Å²) in [5.41, 5.74) is 5.90. The van der Waals surface area contributed by atoms with Crippen LogP contribution < -0.4 is 11.1 Å². The molecular formula is C11H14N4OS2. The monoisotopic (exact) mass is 282 g/mol. The Morgan fingerprint density at radius 3 is 3.00 bits per heavy atom. The number of rotatable bonds is 5. The number of thiazole rings is 2. The van der Waals surface area contributed by atoms with E-state index in [0.717, 1.165) is 10.0 Å². The van der Waals surface area contributed by atoms with Crippen LogP contribution in [0.25, 0.3) is 0 Å². The molecule has 0 bridgehead atoms. The van der Waals surface area contributed by atoms with E-state index in [4.69, 9.17) is 5.73 Å². The van der Waals surface area contributed by atoms with Gasteiger partial charge in [-0.1, -0.05) is 6.92 Å². The van der Waals surface area contributed by atoms with Crippen molar-refractivity contribution in [1.29, 1.82) is 0 Å². The fraction of sp³-hybridized carbons (Fsp3) is 0.364. The van der Waals surface area contributed by atoms with Gasteiger partial charge in [-0.15, -0.1) is 22.7 Å². The Morgan fingerprint density at radius 2 is 2.39 bits per heavy atom. The van der Waals surface area contributed by atoms with Crippen molar-refractivity contribution < 1.29 is 4.79 Å². The van der Waals surface area contributed by atoms with Gasteiger partial charge >= 0.3 is 0 Å². The summed E-state index contributed by atoms with van der Waals surface area (Å²) in [6.07, 6.45) is 1.77. The molecule has 0 aromatic carbocycles. The van der Waals surface area contributed by atoms with E-state index in [9.17, 15) is 4.79 Å². The molecule has 1 atom stereocenters.